The first-order valence-corrected chi connectivity index (χ1v) is 1.91. The first kappa shape index (κ1) is 11.5. The van der Waals surface area contributed by atoms with Gasteiger partial charge < -0.3 is 0 Å². The molecule has 0 fully saturated rings. The van der Waals surface area contributed by atoms with E-state index in [0.717, 1.165) is 0 Å². The number of benzene rings is 1. The van der Waals surface area contributed by atoms with Gasteiger partial charge in [-0.05, 0) is 0 Å². The molecule has 0 aliphatic rings. The summed E-state index contributed by atoms with van der Waals surface area (Å²) in [4.78, 5) is 0. The van der Waals surface area contributed by atoms with Crippen molar-refractivity contribution in [2.75, 3.05) is 0 Å². The average Bonchev–Trinajstić information content (AvgIpc) is 1.72. The molecule has 0 saturated carbocycles. The van der Waals surface area contributed by atoms with Gasteiger partial charge in [0.1, 0.15) is 0 Å². The molecule has 2 heteroatoms. The summed E-state index contributed by atoms with van der Waals surface area (Å²) in [7, 11) is 0. The molecule has 0 aliphatic heterocycles. The third-order valence-corrected chi connectivity index (χ3v) is 0.607. The third-order valence-electron chi connectivity index (χ3n) is 0.607. The SMILES string of the molecule is P.[Y].[c-]1ccccc1. The van der Waals surface area contributed by atoms with Crippen molar-refractivity contribution < 1.29 is 32.7 Å². The minimum atomic E-state index is 0. The Balaban J connectivity index is 0. The molecule has 0 heterocycles. The van der Waals surface area contributed by atoms with E-state index < -0.39 is 0 Å². The Hall–Kier alpha value is 0.754. The molecule has 0 nitrogen and oxygen atoms in total. The van der Waals surface area contributed by atoms with Gasteiger partial charge in [-0.15, -0.1) is 0 Å². The topological polar surface area (TPSA) is 0 Å². The Labute approximate surface area is 78.6 Å². The van der Waals surface area contributed by atoms with Crippen molar-refractivity contribution in [3.63, 3.8) is 0 Å². The van der Waals surface area contributed by atoms with E-state index in [0.29, 0.717) is 0 Å². The molecule has 0 aliphatic carbocycles. The van der Waals surface area contributed by atoms with Crippen molar-refractivity contribution in [3.05, 3.63) is 36.4 Å². The summed E-state index contributed by atoms with van der Waals surface area (Å²) in [6.07, 6.45) is 0. The van der Waals surface area contributed by atoms with Gasteiger partial charge >= 0.3 is 0 Å². The molecular formula is C6H8PY-. The van der Waals surface area contributed by atoms with Crippen molar-refractivity contribution >= 4 is 9.90 Å². The molecule has 0 N–H and O–H groups in total. The molecule has 41 valence electrons. The van der Waals surface area contributed by atoms with Crippen LogP contribution in [-0.4, -0.2) is 0 Å². The third kappa shape index (κ3) is 4.90. The van der Waals surface area contributed by atoms with Crippen LogP contribution in [0.15, 0.2) is 30.3 Å². The van der Waals surface area contributed by atoms with E-state index in [9.17, 15) is 0 Å². The fourth-order valence-electron chi connectivity index (χ4n) is 0.342. The van der Waals surface area contributed by atoms with E-state index in [2.05, 4.69) is 6.07 Å². The quantitative estimate of drug-likeness (QED) is 0.440. The summed E-state index contributed by atoms with van der Waals surface area (Å²) in [6, 6.07) is 12.5. The zero-order valence-corrected chi connectivity index (χ0v) is 8.92. The Kier molecular flexibility index (Phi) is 11.2. The van der Waals surface area contributed by atoms with E-state index in [-0.39, 0.29) is 42.6 Å². The molecule has 1 atom stereocenters. The van der Waals surface area contributed by atoms with Crippen molar-refractivity contribution in [2.45, 2.75) is 0 Å². The van der Waals surface area contributed by atoms with Crippen LogP contribution in [0.5, 0.6) is 0 Å². The number of rotatable bonds is 0. The Bertz CT molecular complexity index is 80.5. The molecule has 8 heavy (non-hydrogen) atoms. The van der Waals surface area contributed by atoms with Crippen LogP contribution in [0.25, 0.3) is 0 Å². The zero-order chi connectivity index (χ0) is 4.24. The van der Waals surface area contributed by atoms with E-state index in [1.54, 1.807) is 0 Å². The molecule has 0 saturated heterocycles. The summed E-state index contributed by atoms with van der Waals surface area (Å²) in [5.41, 5.74) is 0. The molecule has 0 amide bonds. The molecule has 0 aromatic heterocycles. The second-order valence-corrected chi connectivity index (χ2v) is 1.08. The predicted molar refractivity (Wildman–Crippen MR) is 36.4 cm³/mol. The van der Waals surface area contributed by atoms with Gasteiger partial charge in [0.2, 0.25) is 0 Å². The first-order valence-electron chi connectivity index (χ1n) is 1.91. The predicted octanol–water partition coefficient (Wildman–Crippen LogP) is 1.54. The maximum absolute atomic E-state index is 2.89. The van der Waals surface area contributed by atoms with Crippen molar-refractivity contribution in [1.82, 2.24) is 0 Å². The standard InChI is InChI=1S/C6H5.H3P.Y/c1-2-4-6-5-3-1;;/h1-5H;1H3;/q-1;;. The van der Waals surface area contributed by atoms with Crippen molar-refractivity contribution in [2.24, 2.45) is 0 Å². The van der Waals surface area contributed by atoms with E-state index in [1.807, 2.05) is 30.3 Å². The summed E-state index contributed by atoms with van der Waals surface area (Å²) >= 11 is 0. The maximum Gasteiger partial charge on any atom is 0 e. The molecule has 0 spiro atoms. The fraction of sp³-hybridized carbons (Fsp3) is 0. The molecule has 1 unspecified atom stereocenters. The maximum atomic E-state index is 2.89. The van der Waals surface area contributed by atoms with E-state index in [1.165, 1.54) is 0 Å². The number of hydrogen-bond acceptors (Lipinski definition) is 0. The van der Waals surface area contributed by atoms with Crippen LogP contribution in [0.4, 0.5) is 0 Å². The summed E-state index contributed by atoms with van der Waals surface area (Å²) in [5, 5.41) is 0. The first-order chi connectivity index (χ1) is 3.00. The van der Waals surface area contributed by atoms with Gasteiger partial charge in [0, 0.05) is 32.7 Å². The van der Waals surface area contributed by atoms with Gasteiger partial charge in [0.25, 0.3) is 0 Å². The van der Waals surface area contributed by atoms with Crippen molar-refractivity contribution in [3.8, 4) is 0 Å². The average molecular weight is 200 g/mol. The Morgan fingerprint density at radius 1 is 0.875 bits per heavy atom. The Morgan fingerprint density at radius 2 is 1.38 bits per heavy atom. The van der Waals surface area contributed by atoms with Gasteiger partial charge in [-0.25, -0.2) is 0 Å². The van der Waals surface area contributed by atoms with Gasteiger partial charge in [-0.1, -0.05) is 0 Å². The van der Waals surface area contributed by atoms with Gasteiger partial charge in [-0.3, -0.25) is 0 Å². The molecule has 1 radical (unpaired) electrons. The minimum absolute atomic E-state index is 0. The largest absolute Gasteiger partial charge is 0.184 e. The monoisotopic (exact) mass is 200 g/mol. The Morgan fingerprint density at radius 3 is 1.50 bits per heavy atom. The van der Waals surface area contributed by atoms with Gasteiger partial charge in [0.05, 0.1) is 0 Å². The molecular weight excluding hydrogens is 192 g/mol. The number of hydrogen-bond donors (Lipinski definition) is 0. The summed E-state index contributed by atoms with van der Waals surface area (Å²) in [5.74, 6) is 0. The smallest absolute Gasteiger partial charge is 0 e. The van der Waals surface area contributed by atoms with Crippen LogP contribution in [-0.2, 0) is 32.7 Å². The van der Waals surface area contributed by atoms with Crippen LogP contribution in [0.2, 0.25) is 0 Å². The second kappa shape index (κ2) is 7.75. The summed E-state index contributed by atoms with van der Waals surface area (Å²) < 4.78 is 0. The van der Waals surface area contributed by atoms with Crippen LogP contribution in [0.3, 0.4) is 0 Å². The second-order valence-electron chi connectivity index (χ2n) is 1.08. The molecule has 1 rings (SSSR count). The zero-order valence-electron chi connectivity index (χ0n) is 4.67. The normalized spacial score (nSPS) is 6.00. The van der Waals surface area contributed by atoms with Crippen LogP contribution < -0.4 is 0 Å². The minimum Gasteiger partial charge on any atom is -0.184 e. The molecule has 0 bridgehead atoms. The van der Waals surface area contributed by atoms with Gasteiger partial charge in [0.15, 0.2) is 0 Å². The van der Waals surface area contributed by atoms with Crippen LogP contribution in [0.1, 0.15) is 0 Å². The van der Waals surface area contributed by atoms with E-state index >= 15 is 0 Å². The molecule has 1 aromatic carbocycles. The van der Waals surface area contributed by atoms with Crippen LogP contribution in [0, 0.1) is 6.07 Å². The summed E-state index contributed by atoms with van der Waals surface area (Å²) in [6.45, 7) is 0. The van der Waals surface area contributed by atoms with Crippen molar-refractivity contribution in [1.29, 1.82) is 0 Å². The van der Waals surface area contributed by atoms with E-state index in [4.69, 9.17) is 0 Å². The fourth-order valence-corrected chi connectivity index (χ4v) is 0.342. The van der Waals surface area contributed by atoms with Gasteiger partial charge in [-0.2, -0.15) is 46.3 Å². The van der Waals surface area contributed by atoms with Crippen LogP contribution >= 0.6 is 9.90 Å². The molecule has 1 aromatic rings.